The van der Waals surface area contributed by atoms with Gasteiger partial charge in [0.2, 0.25) is 17.7 Å². The lowest BCUT2D eigenvalue weighted by molar-refractivity contribution is 0.0599. The minimum atomic E-state index is -1.32. The third kappa shape index (κ3) is 8.35. The molecule has 1 aliphatic heterocycles. The van der Waals surface area contributed by atoms with Crippen LogP contribution in [0.5, 0.6) is 0 Å². The predicted octanol–water partition coefficient (Wildman–Crippen LogP) is 5.60. The molecule has 0 aliphatic carbocycles. The number of hydrogen-bond acceptors (Lipinski definition) is 6. The smallest absolute Gasteiger partial charge is 0.437 e. The molecule has 1 aromatic heterocycles. The molecule has 3 rings (SSSR count). The van der Waals surface area contributed by atoms with Crippen LogP contribution in [0.4, 0.5) is 9.59 Å². The van der Waals surface area contributed by atoms with Crippen LogP contribution < -0.4 is 5.32 Å². The Morgan fingerprint density at radius 3 is 2.44 bits per heavy atom. The van der Waals surface area contributed by atoms with Crippen LogP contribution >= 0.6 is 0 Å². The van der Waals surface area contributed by atoms with Crippen LogP contribution in [-0.4, -0.2) is 57.0 Å². The zero-order valence-corrected chi connectivity index (χ0v) is 21.6. The Morgan fingerprint density at radius 1 is 1.14 bits per heavy atom. The lowest BCUT2D eigenvalue weighted by Gasteiger charge is -2.38. The normalized spacial score (nSPS) is 14.4. The first-order valence-corrected chi connectivity index (χ1v) is 12.6. The maximum absolute atomic E-state index is 12.0. The van der Waals surface area contributed by atoms with Crippen molar-refractivity contribution >= 4 is 18.1 Å². The molecule has 2 aromatic rings. The number of hydrogen-bond donors (Lipinski definition) is 2. The third-order valence-corrected chi connectivity index (χ3v) is 5.81. The van der Waals surface area contributed by atoms with Gasteiger partial charge >= 0.3 is 12.2 Å². The number of carboxylic acid groups (broad SMARTS) is 1. The first-order chi connectivity index (χ1) is 17.1. The quantitative estimate of drug-likeness (QED) is 0.259. The molecule has 2 heterocycles. The first kappa shape index (κ1) is 27.2. The summed E-state index contributed by atoms with van der Waals surface area (Å²) in [6.45, 7) is 8.11. The summed E-state index contributed by atoms with van der Waals surface area (Å²) < 4.78 is 10.6. The molecule has 0 radical (unpaired) electrons. The van der Waals surface area contributed by atoms with E-state index in [9.17, 15) is 9.59 Å². The molecule has 1 aromatic carbocycles. The molecule has 10 heteroatoms. The van der Waals surface area contributed by atoms with Gasteiger partial charge in [-0.05, 0) is 39.2 Å². The fourth-order valence-electron chi connectivity index (χ4n) is 3.90. The molecule has 2 amide bonds. The maximum atomic E-state index is 12.0. The number of ether oxygens (including phenoxy) is 1. The zero-order valence-electron chi connectivity index (χ0n) is 21.6. The van der Waals surface area contributed by atoms with Gasteiger partial charge in [0.05, 0.1) is 5.92 Å². The highest BCUT2D eigenvalue weighted by Crippen LogP contribution is 2.28. The average Bonchev–Trinajstić information content (AvgIpc) is 3.23. The lowest BCUT2D eigenvalue weighted by Crippen LogP contribution is -2.54. The van der Waals surface area contributed by atoms with Gasteiger partial charge in [-0.25, -0.2) is 9.59 Å². The van der Waals surface area contributed by atoms with Gasteiger partial charge in [-0.2, -0.15) is 4.98 Å². The van der Waals surface area contributed by atoms with E-state index in [1.807, 2.05) is 12.1 Å². The van der Waals surface area contributed by atoms with Crippen LogP contribution in [0, 0.1) is 0 Å². The summed E-state index contributed by atoms with van der Waals surface area (Å²) in [7, 11) is 0. The topological polar surface area (TPSA) is 130 Å². The number of aliphatic imine (C=N–C) groups is 1. The summed E-state index contributed by atoms with van der Waals surface area (Å²) in [5.41, 5.74) is 1.45. The van der Waals surface area contributed by atoms with Gasteiger partial charge in [0, 0.05) is 18.7 Å². The summed E-state index contributed by atoms with van der Waals surface area (Å²) in [5, 5.41) is 15.4. The van der Waals surface area contributed by atoms with E-state index < -0.39 is 17.8 Å². The number of rotatable bonds is 9. The minimum absolute atomic E-state index is 0.0892. The Morgan fingerprint density at radius 2 is 1.81 bits per heavy atom. The third-order valence-electron chi connectivity index (χ3n) is 5.81. The Bertz CT molecular complexity index is 1040. The highest BCUT2D eigenvalue weighted by molar-refractivity contribution is 5.98. The van der Waals surface area contributed by atoms with Crippen molar-refractivity contribution in [2.75, 3.05) is 13.1 Å². The van der Waals surface area contributed by atoms with Crippen LogP contribution in [-0.2, 0) is 11.2 Å². The zero-order chi connectivity index (χ0) is 26.1. The summed E-state index contributed by atoms with van der Waals surface area (Å²) in [6.07, 6.45) is 6.56. The molecule has 0 saturated carbocycles. The summed E-state index contributed by atoms with van der Waals surface area (Å²) in [6, 6.07) is 8.24. The van der Waals surface area contributed by atoms with Crippen molar-refractivity contribution < 1.29 is 24.0 Å². The van der Waals surface area contributed by atoms with Gasteiger partial charge in [0.25, 0.3) is 0 Å². The van der Waals surface area contributed by atoms with E-state index in [1.165, 1.54) is 44.1 Å². The Labute approximate surface area is 212 Å². The number of benzene rings is 1. The molecule has 1 fully saturated rings. The van der Waals surface area contributed by atoms with E-state index in [0.717, 1.165) is 12.0 Å². The molecule has 0 unspecified atom stereocenters. The number of aromatic nitrogens is 2. The number of amides is 2. The highest BCUT2D eigenvalue weighted by atomic mass is 16.6. The molecule has 36 heavy (non-hydrogen) atoms. The second-order valence-electron chi connectivity index (χ2n) is 10.1. The average molecular weight is 500 g/mol. The second kappa shape index (κ2) is 12.5. The summed E-state index contributed by atoms with van der Waals surface area (Å²) >= 11 is 0. The molecule has 2 N–H and O–H groups in total. The molecule has 0 atom stereocenters. The number of guanidine groups is 1. The van der Waals surface area contributed by atoms with Gasteiger partial charge in [0.1, 0.15) is 5.60 Å². The van der Waals surface area contributed by atoms with Crippen molar-refractivity contribution in [1.82, 2.24) is 20.4 Å². The molecule has 0 bridgehead atoms. The van der Waals surface area contributed by atoms with Crippen LogP contribution in [0.3, 0.4) is 0 Å². The number of unbranched alkanes of at least 4 members (excludes halogenated alkanes) is 5. The van der Waals surface area contributed by atoms with E-state index in [0.29, 0.717) is 24.8 Å². The first-order valence-electron chi connectivity index (χ1n) is 12.6. The molecule has 1 aliphatic rings. The minimum Gasteiger partial charge on any atom is -0.465 e. The lowest BCUT2D eigenvalue weighted by atomic mass is 10.0. The van der Waals surface area contributed by atoms with E-state index in [-0.39, 0.29) is 11.9 Å². The fraction of sp³-hybridized carbons (Fsp3) is 0.577. The second-order valence-corrected chi connectivity index (χ2v) is 10.1. The predicted molar refractivity (Wildman–Crippen MR) is 136 cm³/mol. The SMILES string of the molecule is CCCCCCCCc1ccc(-c2noc(C3CN(/C(=N/C(=O)OC(C)(C)C)NC(=O)O)C3)n2)cc1. The van der Waals surface area contributed by atoms with Crippen molar-refractivity contribution in [2.45, 2.75) is 84.2 Å². The molecular weight excluding hydrogens is 462 g/mol. The number of carbonyl (C=O) groups excluding carboxylic acids is 1. The Balaban J connectivity index is 1.53. The summed E-state index contributed by atoms with van der Waals surface area (Å²) in [5.74, 6) is 0.788. The van der Waals surface area contributed by atoms with Crippen molar-refractivity contribution in [3.8, 4) is 11.4 Å². The number of likely N-dealkylation sites (tertiary alicyclic amines) is 1. The van der Waals surface area contributed by atoms with Crippen LogP contribution in [0.1, 0.15) is 83.6 Å². The van der Waals surface area contributed by atoms with Gasteiger partial charge in [-0.15, -0.1) is 4.99 Å². The van der Waals surface area contributed by atoms with E-state index in [2.05, 4.69) is 39.5 Å². The largest absolute Gasteiger partial charge is 0.465 e. The van der Waals surface area contributed by atoms with Crippen molar-refractivity contribution in [1.29, 1.82) is 0 Å². The van der Waals surface area contributed by atoms with Crippen molar-refractivity contribution in [2.24, 2.45) is 4.99 Å². The number of nitrogens with zero attached hydrogens (tertiary/aromatic N) is 4. The van der Waals surface area contributed by atoms with E-state index >= 15 is 0 Å². The van der Waals surface area contributed by atoms with Gasteiger partial charge < -0.3 is 19.3 Å². The number of aryl methyl sites for hydroxylation is 1. The van der Waals surface area contributed by atoms with Crippen LogP contribution in [0.15, 0.2) is 33.8 Å². The van der Waals surface area contributed by atoms with Crippen molar-refractivity contribution in [3.05, 3.63) is 35.7 Å². The highest BCUT2D eigenvalue weighted by Gasteiger charge is 2.36. The molecule has 0 spiro atoms. The van der Waals surface area contributed by atoms with Gasteiger partial charge in [-0.1, -0.05) is 68.4 Å². The van der Waals surface area contributed by atoms with Gasteiger partial charge in [0.15, 0.2) is 0 Å². The van der Waals surface area contributed by atoms with Crippen LogP contribution in [0.25, 0.3) is 11.4 Å². The van der Waals surface area contributed by atoms with E-state index in [4.69, 9.17) is 14.4 Å². The van der Waals surface area contributed by atoms with E-state index in [1.54, 1.807) is 25.7 Å². The van der Waals surface area contributed by atoms with Crippen LogP contribution in [0.2, 0.25) is 0 Å². The standard InChI is InChI=1S/C26H37N5O5/c1-5-6-7-8-9-10-11-18-12-14-19(15-13-18)21-27-22(36-30-21)20-16-31(17-20)23(28-24(32)33)29-25(34)35-26(2,3)4/h12-15,20H,5-11,16-17H2,1-4H3,(H,32,33)(H,28,29,34). The molecule has 10 nitrogen and oxygen atoms in total. The Hall–Kier alpha value is -3.43. The fourth-order valence-corrected chi connectivity index (χ4v) is 3.90. The number of carbonyl (C=O) groups is 2. The Kier molecular flexibility index (Phi) is 9.44. The van der Waals surface area contributed by atoms with Gasteiger partial charge in [-0.3, -0.25) is 5.32 Å². The summed E-state index contributed by atoms with van der Waals surface area (Å²) in [4.78, 5) is 33.1. The molecule has 196 valence electrons. The van der Waals surface area contributed by atoms with Crippen molar-refractivity contribution in [3.63, 3.8) is 0 Å². The molecular formula is C26H37N5O5. The number of nitrogens with one attached hydrogen (secondary N) is 1. The molecule has 1 saturated heterocycles. The maximum Gasteiger partial charge on any atom is 0.437 e. The monoisotopic (exact) mass is 499 g/mol.